The molecule has 3 aromatic rings. The zero-order valence-electron chi connectivity index (χ0n) is 17.1. The molecule has 0 amide bonds. The quantitative estimate of drug-likeness (QED) is 0.548. The van der Waals surface area contributed by atoms with Crippen LogP contribution in [0.15, 0.2) is 66.7 Å². The number of benzene rings is 3. The Balaban J connectivity index is 1.49. The highest BCUT2D eigenvalue weighted by Crippen LogP contribution is 2.51. The van der Waals surface area contributed by atoms with Gasteiger partial charge < -0.3 is 10.1 Å². The summed E-state index contributed by atoms with van der Waals surface area (Å²) in [6, 6.07) is 17.4. The van der Waals surface area contributed by atoms with Crippen molar-refractivity contribution in [2.45, 2.75) is 31.9 Å². The summed E-state index contributed by atoms with van der Waals surface area (Å²) in [5, 5.41) is 3.57. The summed E-state index contributed by atoms with van der Waals surface area (Å²) in [6.07, 6.45) is 4.05. The molecule has 0 bridgehead atoms. The predicted molar refractivity (Wildman–Crippen MR) is 116 cm³/mol. The van der Waals surface area contributed by atoms with Gasteiger partial charge in [0.2, 0.25) is 5.72 Å². The van der Waals surface area contributed by atoms with Gasteiger partial charge in [-0.1, -0.05) is 17.7 Å². The predicted octanol–water partition coefficient (Wildman–Crippen LogP) is 5.87. The molecule has 2 aliphatic heterocycles. The summed E-state index contributed by atoms with van der Waals surface area (Å²) in [6.45, 7) is 6.44. The fourth-order valence-electron chi connectivity index (χ4n) is 4.34. The molecule has 3 nitrogen and oxygen atoms in total. The first-order valence-corrected chi connectivity index (χ1v) is 10.0. The van der Waals surface area contributed by atoms with Gasteiger partial charge in [-0.05, 0) is 87.0 Å². The van der Waals surface area contributed by atoms with Crippen LogP contribution in [-0.4, -0.2) is 11.5 Å². The van der Waals surface area contributed by atoms with Gasteiger partial charge in [0, 0.05) is 22.4 Å². The van der Waals surface area contributed by atoms with Gasteiger partial charge in [-0.25, -0.2) is 4.39 Å². The standard InChI is InChI=1S/C26H22FNO2/c1-16-4-10-22-21(14-16)25(2,3)26(28-22)13-12-18-15-19(7-11-23(18)30-26)24(29)17-5-8-20(27)9-6-17/h4-15,28H,1-3H3. The minimum absolute atomic E-state index is 0.145. The Morgan fingerprint density at radius 1 is 0.967 bits per heavy atom. The molecule has 2 aliphatic rings. The smallest absolute Gasteiger partial charge is 0.209 e. The van der Waals surface area contributed by atoms with Gasteiger partial charge in [0.15, 0.2) is 5.78 Å². The third-order valence-electron chi connectivity index (χ3n) is 6.24. The zero-order chi connectivity index (χ0) is 21.1. The number of hydrogen-bond donors (Lipinski definition) is 1. The maximum Gasteiger partial charge on any atom is 0.209 e. The van der Waals surface area contributed by atoms with Gasteiger partial charge in [-0.3, -0.25) is 4.79 Å². The number of aryl methyl sites for hydroxylation is 1. The molecular formula is C26H22FNO2. The molecule has 0 saturated heterocycles. The molecular weight excluding hydrogens is 377 g/mol. The summed E-state index contributed by atoms with van der Waals surface area (Å²) in [5.74, 6) is 0.216. The third-order valence-corrected chi connectivity index (χ3v) is 6.24. The zero-order valence-corrected chi connectivity index (χ0v) is 17.1. The van der Waals surface area contributed by atoms with Gasteiger partial charge in [0.25, 0.3) is 0 Å². The number of fused-ring (bicyclic) bond motifs is 2. The van der Waals surface area contributed by atoms with Crippen LogP contribution in [0.3, 0.4) is 0 Å². The lowest BCUT2D eigenvalue weighted by atomic mass is 9.76. The van der Waals surface area contributed by atoms with E-state index in [9.17, 15) is 9.18 Å². The second-order valence-electron chi connectivity index (χ2n) is 8.56. The second kappa shape index (κ2) is 6.30. The maximum atomic E-state index is 13.2. The SMILES string of the molecule is Cc1ccc2c(c1)C(C)(C)C1(C=Cc3cc(C(=O)c4ccc(F)cc4)ccc3O1)N2. The third kappa shape index (κ3) is 2.67. The van der Waals surface area contributed by atoms with Crippen molar-refractivity contribution in [1.82, 2.24) is 0 Å². The van der Waals surface area contributed by atoms with Gasteiger partial charge in [0.05, 0.1) is 5.41 Å². The number of rotatable bonds is 2. The van der Waals surface area contributed by atoms with Gasteiger partial charge in [0.1, 0.15) is 11.6 Å². The fraction of sp³-hybridized carbons (Fsp3) is 0.192. The Labute approximate surface area is 175 Å². The molecule has 150 valence electrons. The number of nitrogens with one attached hydrogen (secondary N) is 1. The van der Waals surface area contributed by atoms with Crippen molar-refractivity contribution >= 4 is 17.5 Å². The topological polar surface area (TPSA) is 38.3 Å². The lowest BCUT2D eigenvalue weighted by molar-refractivity contribution is 0.0823. The molecule has 1 unspecified atom stereocenters. The first-order chi connectivity index (χ1) is 14.3. The molecule has 2 heterocycles. The number of carbonyl (C=O) groups is 1. The van der Waals surface area contributed by atoms with Gasteiger partial charge >= 0.3 is 0 Å². The molecule has 4 heteroatoms. The monoisotopic (exact) mass is 399 g/mol. The molecule has 1 N–H and O–H groups in total. The van der Waals surface area contributed by atoms with Crippen molar-refractivity contribution in [1.29, 1.82) is 0 Å². The normalized spacial score (nSPS) is 20.3. The van der Waals surface area contributed by atoms with Gasteiger partial charge in [-0.2, -0.15) is 0 Å². The average Bonchev–Trinajstić information content (AvgIpc) is 2.94. The van der Waals surface area contributed by atoms with Crippen molar-refractivity contribution in [3.05, 3.63) is 100 Å². The Morgan fingerprint density at radius 3 is 2.47 bits per heavy atom. The molecule has 0 saturated carbocycles. The maximum absolute atomic E-state index is 13.2. The van der Waals surface area contributed by atoms with Crippen molar-refractivity contribution < 1.29 is 13.9 Å². The first-order valence-electron chi connectivity index (χ1n) is 10.0. The van der Waals surface area contributed by atoms with Crippen molar-refractivity contribution in [2.24, 2.45) is 0 Å². The Bertz CT molecular complexity index is 1210. The van der Waals surface area contributed by atoms with E-state index in [-0.39, 0.29) is 17.0 Å². The van der Waals surface area contributed by atoms with Gasteiger partial charge in [-0.15, -0.1) is 0 Å². The van der Waals surface area contributed by atoms with Crippen molar-refractivity contribution in [3.8, 4) is 5.75 Å². The summed E-state index contributed by atoms with van der Waals surface area (Å²) in [4.78, 5) is 12.8. The van der Waals surface area contributed by atoms with Crippen molar-refractivity contribution in [2.75, 3.05) is 5.32 Å². The summed E-state index contributed by atoms with van der Waals surface area (Å²) in [7, 11) is 0. The van der Waals surface area contributed by atoms with E-state index < -0.39 is 5.72 Å². The molecule has 0 radical (unpaired) electrons. The highest BCUT2D eigenvalue weighted by molar-refractivity contribution is 6.09. The first kappa shape index (κ1) is 18.6. The molecule has 0 aliphatic carbocycles. The number of ether oxygens (including phenoxy) is 1. The van der Waals surface area contributed by atoms with E-state index in [2.05, 4.69) is 44.3 Å². The van der Waals surface area contributed by atoms with Crippen LogP contribution in [-0.2, 0) is 5.41 Å². The van der Waals surface area contributed by atoms with Crippen LogP contribution in [0.4, 0.5) is 10.1 Å². The number of hydrogen-bond acceptors (Lipinski definition) is 3. The van der Waals surface area contributed by atoms with Crippen LogP contribution >= 0.6 is 0 Å². The van der Waals surface area contributed by atoms with Crippen LogP contribution in [0, 0.1) is 12.7 Å². The lowest BCUT2D eigenvalue weighted by Gasteiger charge is -2.41. The number of anilines is 1. The molecule has 1 spiro atoms. The average molecular weight is 399 g/mol. The van der Waals surface area contributed by atoms with E-state index in [4.69, 9.17) is 4.74 Å². The van der Waals surface area contributed by atoms with E-state index in [0.29, 0.717) is 11.1 Å². The van der Waals surface area contributed by atoms with Crippen LogP contribution in [0.2, 0.25) is 0 Å². The Hall–Kier alpha value is -3.40. The van der Waals surface area contributed by atoms with Crippen LogP contribution < -0.4 is 10.1 Å². The molecule has 0 aromatic heterocycles. The van der Waals surface area contributed by atoms with Crippen LogP contribution in [0.1, 0.15) is 46.5 Å². The Kier molecular flexibility index (Phi) is 3.91. The van der Waals surface area contributed by atoms with Crippen LogP contribution in [0.25, 0.3) is 6.08 Å². The van der Waals surface area contributed by atoms with Crippen molar-refractivity contribution in [3.63, 3.8) is 0 Å². The minimum Gasteiger partial charge on any atom is -0.463 e. The van der Waals surface area contributed by atoms with E-state index in [0.717, 1.165) is 17.0 Å². The molecule has 0 fully saturated rings. The van der Waals surface area contributed by atoms with E-state index in [1.165, 1.54) is 35.4 Å². The van der Waals surface area contributed by atoms with Crippen LogP contribution in [0.5, 0.6) is 5.75 Å². The molecule has 5 rings (SSSR count). The summed E-state index contributed by atoms with van der Waals surface area (Å²) >= 11 is 0. The Morgan fingerprint density at radius 2 is 1.70 bits per heavy atom. The lowest BCUT2D eigenvalue weighted by Crippen LogP contribution is -2.53. The molecule has 3 aromatic carbocycles. The number of halogens is 1. The second-order valence-corrected chi connectivity index (χ2v) is 8.56. The highest BCUT2D eigenvalue weighted by atomic mass is 19.1. The minimum atomic E-state index is -0.696. The number of carbonyl (C=O) groups excluding carboxylic acids is 1. The number of ketones is 1. The molecule has 30 heavy (non-hydrogen) atoms. The summed E-state index contributed by atoms with van der Waals surface area (Å²) < 4.78 is 19.7. The summed E-state index contributed by atoms with van der Waals surface area (Å²) in [5.41, 5.74) is 4.37. The fourth-order valence-corrected chi connectivity index (χ4v) is 4.34. The molecule has 1 atom stereocenters. The van der Waals surface area contributed by atoms with E-state index >= 15 is 0 Å². The van der Waals surface area contributed by atoms with E-state index in [1.807, 2.05) is 24.3 Å². The largest absolute Gasteiger partial charge is 0.463 e. The van der Waals surface area contributed by atoms with E-state index in [1.54, 1.807) is 6.07 Å². The highest BCUT2D eigenvalue weighted by Gasteiger charge is 2.54.